The Morgan fingerprint density at radius 1 is 0.920 bits per heavy atom. The summed E-state index contributed by atoms with van der Waals surface area (Å²) < 4.78 is 18.4. The number of hydrogen-bond acceptors (Lipinski definition) is 3. The summed E-state index contributed by atoms with van der Waals surface area (Å²) in [6, 6.07) is 15.8. The second-order valence-electron chi connectivity index (χ2n) is 5.45. The van der Waals surface area contributed by atoms with Crippen LogP contribution < -0.4 is 10.9 Å². The molecule has 2 aromatic carbocycles. The fourth-order valence-corrected chi connectivity index (χ4v) is 2.26. The highest BCUT2D eigenvalue weighted by atomic mass is 19.1. The molecule has 3 rings (SSSR count). The van der Waals surface area contributed by atoms with Crippen molar-refractivity contribution in [2.24, 2.45) is 0 Å². The smallest absolute Gasteiger partial charge is 0.305 e. The number of hydrogen-bond donors (Lipinski definition) is 2. The second kappa shape index (κ2) is 7.00. The summed E-state index contributed by atoms with van der Waals surface area (Å²) in [5.74, 6) is -0.914. The third kappa shape index (κ3) is 3.92. The highest BCUT2D eigenvalue weighted by Crippen LogP contribution is 2.22. The number of benzene rings is 2. The van der Waals surface area contributed by atoms with Gasteiger partial charge in [-0.3, -0.25) is 20.4 Å². The summed E-state index contributed by atoms with van der Waals surface area (Å²) in [4.78, 5) is 24.1. The van der Waals surface area contributed by atoms with Crippen molar-refractivity contribution in [1.29, 1.82) is 0 Å². The van der Waals surface area contributed by atoms with Gasteiger partial charge < -0.3 is 4.42 Å². The molecule has 0 aliphatic rings. The largest absolute Gasteiger partial charge is 0.451 e. The Labute approximate surface area is 143 Å². The van der Waals surface area contributed by atoms with Gasteiger partial charge in [-0.25, -0.2) is 4.39 Å². The van der Waals surface area contributed by atoms with Gasteiger partial charge in [-0.1, -0.05) is 17.7 Å². The van der Waals surface area contributed by atoms with Gasteiger partial charge in [-0.2, -0.15) is 0 Å². The van der Waals surface area contributed by atoms with E-state index in [1.807, 2.05) is 13.0 Å². The highest BCUT2D eigenvalue weighted by molar-refractivity contribution is 5.98. The molecule has 3 aromatic rings. The van der Waals surface area contributed by atoms with Crippen LogP contribution in [0.3, 0.4) is 0 Å². The van der Waals surface area contributed by atoms with Crippen molar-refractivity contribution < 1.29 is 18.4 Å². The van der Waals surface area contributed by atoms with Crippen LogP contribution in [0, 0.1) is 12.7 Å². The number of halogens is 1. The van der Waals surface area contributed by atoms with Gasteiger partial charge in [-0.05, 0) is 55.5 Å². The molecule has 0 saturated heterocycles. The molecule has 1 heterocycles. The number of hydrazine groups is 1. The van der Waals surface area contributed by atoms with E-state index < -0.39 is 11.8 Å². The van der Waals surface area contributed by atoms with Gasteiger partial charge in [0.1, 0.15) is 11.6 Å². The van der Waals surface area contributed by atoms with Gasteiger partial charge >= 0.3 is 5.91 Å². The third-order valence-corrected chi connectivity index (χ3v) is 3.53. The van der Waals surface area contributed by atoms with Crippen LogP contribution in [0.15, 0.2) is 65.1 Å². The Morgan fingerprint density at radius 3 is 2.36 bits per heavy atom. The minimum atomic E-state index is -0.589. The van der Waals surface area contributed by atoms with Crippen molar-refractivity contribution in [3.05, 3.63) is 83.4 Å². The molecule has 0 fully saturated rings. The highest BCUT2D eigenvalue weighted by Gasteiger charge is 2.14. The zero-order valence-electron chi connectivity index (χ0n) is 13.4. The van der Waals surface area contributed by atoms with E-state index in [1.54, 1.807) is 36.4 Å². The van der Waals surface area contributed by atoms with Crippen molar-refractivity contribution in [1.82, 2.24) is 10.9 Å². The maximum atomic E-state index is 12.9. The van der Waals surface area contributed by atoms with Crippen molar-refractivity contribution in [2.75, 3.05) is 0 Å². The molecule has 6 heteroatoms. The molecule has 0 saturated carbocycles. The van der Waals surface area contributed by atoms with Gasteiger partial charge in [-0.15, -0.1) is 0 Å². The lowest BCUT2D eigenvalue weighted by Crippen LogP contribution is -2.41. The first kappa shape index (κ1) is 16.4. The van der Waals surface area contributed by atoms with Gasteiger partial charge in [0.25, 0.3) is 5.91 Å². The van der Waals surface area contributed by atoms with Crippen molar-refractivity contribution >= 4 is 11.8 Å². The molecule has 1 aromatic heterocycles. The zero-order chi connectivity index (χ0) is 17.8. The molecule has 0 aliphatic carbocycles. The quantitative estimate of drug-likeness (QED) is 0.718. The molecule has 25 heavy (non-hydrogen) atoms. The Balaban J connectivity index is 1.64. The van der Waals surface area contributed by atoms with E-state index in [0.29, 0.717) is 16.9 Å². The topological polar surface area (TPSA) is 71.3 Å². The normalized spacial score (nSPS) is 10.3. The number of aryl methyl sites for hydroxylation is 1. The van der Waals surface area contributed by atoms with E-state index in [9.17, 15) is 14.0 Å². The van der Waals surface area contributed by atoms with Crippen LogP contribution in [-0.2, 0) is 0 Å². The number of carbonyl (C=O) groups is 2. The van der Waals surface area contributed by atoms with Gasteiger partial charge in [0.05, 0.1) is 0 Å². The summed E-state index contributed by atoms with van der Waals surface area (Å²) in [7, 11) is 0. The third-order valence-electron chi connectivity index (χ3n) is 3.53. The van der Waals surface area contributed by atoms with E-state index in [1.165, 1.54) is 18.2 Å². The average molecular weight is 338 g/mol. The molecular weight excluding hydrogens is 323 g/mol. The number of amides is 2. The second-order valence-corrected chi connectivity index (χ2v) is 5.45. The van der Waals surface area contributed by atoms with E-state index in [0.717, 1.165) is 5.56 Å². The number of rotatable bonds is 3. The minimum Gasteiger partial charge on any atom is -0.451 e. The fourth-order valence-electron chi connectivity index (χ4n) is 2.26. The molecule has 5 nitrogen and oxygen atoms in total. The van der Waals surface area contributed by atoms with Gasteiger partial charge in [0.2, 0.25) is 0 Å². The average Bonchev–Trinajstić information content (AvgIpc) is 3.10. The first-order chi connectivity index (χ1) is 12.0. The minimum absolute atomic E-state index is 0.0314. The lowest BCUT2D eigenvalue weighted by molar-refractivity contribution is 0.0831. The zero-order valence-corrected chi connectivity index (χ0v) is 13.4. The predicted molar refractivity (Wildman–Crippen MR) is 90.2 cm³/mol. The predicted octanol–water partition coefficient (Wildman–Crippen LogP) is 3.47. The number of nitrogens with one attached hydrogen (secondary N) is 2. The summed E-state index contributed by atoms with van der Waals surface area (Å²) >= 11 is 0. The van der Waals surface area contributed by atoms with Crippen molar-refractivity contribution in [3.63, 3.8) is 0 Å². The Hall–Kier alpha value is -3.41. The van der Waals surface area contributed by atoms with Crippen LogP contribution in [0.1, 0.15) is 26.5 Å². The molecule has 0 aliphatic heterocycles. The van der Waals surface area contributed by atoms with E-state index in [4.69, 9.17) is 4.42 Å². The fraction of sp³-hybridized carbons (Fsp3) is 0.0526. The lowest BCUT2D eigenvalue weighted by atomic mass is 10.1. The standard InChI is InChI=1S/C19H15FN2O3/c1-12-3-2-4-14(11-12)18(23)21-22-19(24)17-10-9-16(25-17)13-5-7-15(20)8-6-13/h2-11H,1H3,(H,21,23)(H,22,24). The summed E-state index contributed by atoms with van der Waals surface area (Å²) in [6.07, 6.45) is 0. The molecule has 2 amide bonds. The Morgan fingerprint density at radius 2 is 1.64 bits per heavy atom. The SMILES string of the molecule is Cc1cccc(C(=O)NNC(=O)c2ccc(-c3ccc(F)cc3)o2)c1. The maximum absolute atomic E-state index is 12.9. The van der Waals surface area contributed by atoms with Crippen molar-refractivity contribution in [3.8, 4) is 11.3 Å². The molecule has 0 unspecified atom stereocenters. The van der Waals surface area contributed by atoms with Crippen LogP contribution in [0.25, 0.3) is 11.3 Å². The number of carbonyl (C=O) groups excluding carboxylic acids is 2. The van der Waals surface area contributed by atoms with Crippen molar-refractivity contribution in [2.45, 2.75) is 6.92 Å². The van der Waals surface area contributed by atoms with E-state index >= 15 is 0 Å². The molecule has 126 valence electrons. The molecule has 0 atom stereocenters. The molecule has 2 N–H and O–H groups in total. The van der Waals surface area contributed by atoms with Crippen LogP contribution in [0.4, 0.5) is 4.39 Å². The summed E-state index contributed by atoms with van der Waals surface area (Å²) in [5, 5.41) is 0. The molecule has 0 radical (unpaired) electrons. The first-order valence-corrected chi connectivity index (χ1v) is 7.56. The van der Waals surface area contributed by atoms with Crippen LogP contribution >= 0.6 is 0 Å². The number of furan rings is 1. The van der Waals surface area contributed by atoms with Gasteiger partial charge in [0, 0.05) is 11.1 Å². The van der Waals surface area contributed by atoms with Gasteiger partial charge in [0.15, 0.2) is 5.76 Å². The summed E-state index contributed by atoms with van der Waals surface area (Å²) in [6.45, 7) is 1.87. The van der Waals surface area contributed by atoms with Crippen LogP contribution in [-0.4, -0.2) is 11.8 Å². The molecular formula is C19H15FN2O3. The monoisotopic (exact) mass is 338 g/mol. The van der Waals surface area contributed by atoms with E-state index in [-0.39, 0.29) is 11.6 Å². The van der Waals surface area contributed by atoms with Crippen LogP contribution in [0.2, 0.25) is 0 Å². The van der Waals surface area contributed by atoms with Crippen LogP contribution in [0.5, 0.6) is 0 Å². The summed E-state index contributed by atoms with van der Waals surface area (Å²) in [5.41, 5.74) is 6.65. The first-order valence-electron chi connectivity index (χ1n) is 7.56. The lowest BCUT2D eigenvalue weighted by Gasteiger charge is -2.06. The molecule has 0 bridgehead atoms. The maximum Gasteiger partial charge on any atom is 0.305 e. The van der Waals surface area contributed by atoms with E-state index in [2.05, 4.69) is 10.9 Å². The Bertz CT molecular complexity index is 916. The molecule has 0 spiro atoms. The Kier molecular flexibility index (Phi) is 4.61.